The first-order chi connectivity index (χ1) is 11.7. The van der Waals surface area contributed by atoms with Gasteiger partial charge in [-0.05, 0) is 55.9 Å². The molecule has 5 heteroatoms. The molecule has 126 valence electrons. The summed E-state index contributed by atoms with van der Waals surface area (Å²) in [4.78, 5) is 20.7. The second-order valence-corrected chi connectivity index (χ2v) is 7.56. The Balaban J connectivity index is 1.54. The molecule has 1 aliphatic carbocycles. The van der Waals surface area contributed by atoms with Crippen molar-refractivity contribution in [2.24, 2.45) is 0 Å². The van der Waals surface area contributed by atoms with Crippen molar-refractivity contribution in [2.45, 2.75) is 38.7 Å². The highest BCUT2D eigenvalue weighted by atomic mass is 32.1. The summed E-state index contributed by atoms with van der Waals surface area (Å²) in [7, 11) is 0. The molecule has 0 radical (unpaired) electrons. The van der Waals surface area contributed by atoms with E-state index in [1.807, 2.05) is 30.2 Å². The first kappa shape index (κ1) is 15.8. The molecule has 1 aliphatic heterocycles. The first-order valence-corrected chi connectivity index (χ1v) is 9.53. The quantitative estimate of drug-likeness (QED) is 0.838. The number of hydrogen-bond acceptors (Lipinski definition) is 4. The van der Waals surface area contributed by atoms with Crippen molar-refractivity contribution in [3.05, 3.63) is 51.0 Å². The molecule has 1 fully saturated rings. The van der Waals surface area contributed by atoms with Crippen LogP contribution in [0.2, 0.25) is 0 Å². The number of aryl methyl sites for hydroxylation is 2. The summed E-state index contributed by atoms with van der Waals surface area (Å²) in [5, 5.41) is 2.07. The molecule has 2 aromatic heterocycles. The van der Waals surface area contributed by atoms with Crippen LogP contribution in [0.3, 0.4) is 0 Å². The predicted octanol–water partition coefficient (Wildman–Crippen LogP) is 3.54. The topological polar surface area (TPSA) is 42.4 Å². The molecule has 2 aliphatic rings. The third kappa shape index (κ3) is 2.98. The summed E-state index contributed by atoms with van der Waals surface area (Å²) in [6, 6.07) is 4.03. The maximum Gasteiger partial charge on any atom is 0.255 e. The number of morpholine rings is 1. The number of rotatable bonds is 2. The van der Waals surface area contributed by atoms with Gasteiger partial charge >= 0.3 is 0 Å². The van der Waals surface area contributed by atoms with E-state index in [1.54, 1.807) is 11.3 Å². The fourth-order valence-electron chi connectivity index (χ4n) is 3.65. The second kappa shape index (κ2) is 6.65. The zero-order chi connectivity index (χ0) is 16.5. The fourth-order valence-corrected chi connectivity index (χ4v) is 4.77. The molecule has 0 bridgehead atoms. The van der Waals surface area contributed by atoms with Gasteiger partial charge in [0.1, 0.15) is 6.10 Å². The molecule has 24 heavy (non-hydrogen) atoms. The Labute approximate surface area is 146 Å². The molecule has 1 atom stereocenters. The van der Waals surface area contributed by atoms with E-state index in [2.05, 4.69) is 10.4 Å². The molecule has 0 aromatic carbocycles. The van der Waals surface area contributed by atoms with Crippen molar-refractivity contribution in [2.75, 3.05) is 19.7 Å². The van der Waals surface area contributed by atoms with Gasteiger partial charge in [-0.1, -0.05) is 0 Å². The largest absolute Gasteiger partial charge is 0.370 e. The van der Waals surface area contributed by atoms with E-state index in [-0.39, 0.29) is 12.0 Å². The van der Waals surface area contributed by atoms with Crippen molar-refractivity contribution >= 4 is 17.2 Å². The summed E-state index contributed by atoms with van der Waals surface area (Å²) in [5.74, 6) is 0.175. The number of hydrogen-bond donors (Lipinski definition) is 0. The number of pyridine rings is 1. The van der Waals surface area contributed by atoms with Gasteiger partial charge in [0, 0.05) is 28.7 Å². The van der Waals surface area contributed by atoms with Crippen molar-refractivity contribution < 1.29 is 9.53 Å². The second-order valence-electron chi connectivity index (χ2n) is 6.60. The smallest absolute Gasteiger partial charge is 0.255 e. The van der Waals surface area contributed by atoms with Crippen LogP contribution in [-0.4, -0.2) is 35.5 Å². The van der Waals surface area contributed by atoms with E-state index in [0.717, 1.165) is 29.7 Å². The Kier molecular flexibility index (Phi) is 4.37. The van der Waals surface area contributed by atoms with Crippen molar-refractivity contribution in [1.29, 1.82) is 0 Å². The number of amides is 1. The van der Waals surface area contributed by atoms with Crippen LogP contribution in [0.4, 0.5) is 0 Å². The zero-order valence-electron chi connectivity index (χ0n) is 14.0. The minimum Gasteiger partial charge on any atom is -0.370 e. The number of carbonyl (C=O) groups is 1. The van der Waals surface area contributed by atoms with Crippen LogP contribution in [0.5, 0.6) is 0 Å². The SMILES string of the molecule is Cc1cc([C@@H]2CN(C(=O)c3csc4c3CCCC4)CCO2)ccn1. The van der Waals surface area contributed by atoms with Gasteiger partial charge in [-0.15, -0.1) is 11.3 Å². The minimum absolute atomic E-state index is 0.0566. The van der Waals surface area contributed by atoms with E-state index >= 15 is 0 Å². The van der Waals surface area contributed by atoms with Crippen molar-refractivity contribution in [3.8, 4) is 0 Å². The summed E-state index contributed by atoms with van der Waals surface area (Å²) in [5.41, 5.74) is 4.32. The predicted molar refractivity (Wildman–Crippen MR) is 94.5 cm³/mol. The lowest BCUT2D eigenvalue weighted by Crippen LogP contribution is -2.42. The van der Waals surface area contributed by atoms with Crippen LogP contribution >= 0.6 is 11.3 Å². The third-order valence-electron chi connectivity index (χ3n) is 4.94. The molecule has 4 nitrogen and oxygen atoms in total. The Morgan fingerprint density at radius 2 is 2.25 bits per heavy atom. The maximum absolute atomic E-state index is 13.0. The van der Waals surface area contributed by atoms with Gasteiger partial charge in [-0.25, -0.2) is 0 Å². The number of ether oxygens (including phenoxy) is 1. The van der Waals surface area contributed by atoms with Gasteiger partial charge in [0.2, 0.25) is 0 Å². The lowest BCUT2D eigenvalue weighted by Gasteiger charge is -2.33. The van der Waals surface area contributed by atoms with Crippen LogP contribution in [0.25, 0.3) is 0 Å². The highest BCUT2D eigenvalue weighted by molar-refractivity contribution is 7.10. The molecule has 1 amide bonds. The number of thiophene rings is 1. The molecule has 0 saturated carbocycles. The number of fused-ring (bicyclic) bond motifs is 1. The van der Waals surface area contributed by atoms with Crippen LogP contribution in [0.15, 0.2) is 23.7 Å². The number of carbonyl (C=O) groups excluding carboxylic acids is 1. The standard InChI is InChI=1S/C19H22N2O2S/c1-13-10-14(6-7-20-13)17-11-21(8-9-23-17)19(22)16-12-24-18-5-3-2-4-15(16)18/h6-7,10,12,17H,2-5,8-9,11H2,1H3/t17-/m0/s1. The van der Waals surface area contributed by atoms with Gasteiger partial charge in [-0.3, -0.25) is 9.78 Å². The van der Waals surface area contributed by atoms with E-state index in [0.29, 0.717) is 19.7 Å². The highest BCUT2D eigenvalue weighted by Crippen LogP contribution is 2.32. The first-order valence-electron chi connectivity index (χ1n) is 8.65. The molecule has 0 unspecified atom stereocenters. The molecule has 1 saturated heterocycles. The van der Waals surface area contributed by atoms with E-state index in [9.17, 15) is 4.79 Å². The van der Waals surface area contributed by atoms with Gasteiger partial charge in [0.25, 0.3) is 5.91 Å². The summed E-state index contributed by atoms with van der Waals surface area (Å²) in [6.45, 7) is 3.86. The van der Waals surface area contributed by atoms with Gasteiger partial charge in [0.15, 0.2) is 0 Å². The molecular weight excluding hydrogens is 320 g/mol. The average Bonchev–Trinajstić information content (AvgIpc) is 3.05. The molecule has 3 heterocycles. The number of nitrogens with zero attached hydrogens (tertiary/aromatic N) is 2. The highest BCUT2D eigenvalue weighted by Gasteiger charge is 2.29. The van der Waals surface area contributed by atoms with Gasteiger partial charge < -0.3 is 9.64 Å². The van der Waals surface area contributed by atoms with E-state index < -0.39 is 0 Å². The van der Waals surface area contributed by atoms with Crippen LogP contribution in [0, 0.1) is 6.92 Å². The van der Waals surface area contributed by atoms with Crippen LogP contribution in [-0.2, 0) is 17.6 Å². The molecule has 0 spiro atoms. The zero-order valence-corrected chi connectivity index (χ0v) is 14.8. The summed E-state index contributed by atoms with van der Waals surface area (Å²) >= 11 is 1.76. The summed E-state index contributed by atoms with van der Waals surface area (Å²) < 4.78 is 5.91. The molecular formula is C19H22N2O2S. The lowest BCUT2D eigenvalue weighted by atomic mass is 9.95. The monoisotopic (exact) mass is 342 g/mol. The Bertz CT molecular complexity index is 756. The lowest BCUT2D eigenvalue weighted by molar-refractivity contribution is -0.0229. The Hall–Kier alpha value is -1.72. The molecule has 4 rings (SSSR count). The Morgan fingerprint density at radius 3 is 3.12 bits per heavy atom. The summed E-state index contributed by atoms with van der Waals surface area (Å²) in [6.07, 6.45) is 6.39. The number of aromatic nitrogens is 1. The van der Waals surface area contributed by atoms with Gasteiger partial charge in [0.05, 0.1) is 18.7 Å². The van der Waals surface area contributed by atoms with E-state index in [4.69, 9.17) is 4.74 Å². The third-order valence-corrected chi connectivity index (χ3v) is 6.03. The Morgan fingerprint density at radius 1 is 1.38 bits per heavy atom. The molecule has 2 aromatic rings. The normalized spacial score (nSPS) is 20.7. The maximum atomic E-state index is 13.0. The van der Waals surface area contributed by atoms with E-state index in [1.165, 1.54) is 23.3 Å². The average molecular weight is 342 g/mol. The van der Waals surface area contributed by atoms with Crippen molar-refractivity contribution in [1.82, 2.24) is 9.88 Å². The molecule has 0 N–H and O–H groups in total. The van der Waals surface area contributed by atoms with Crippen LogP contribution in [0.1, 0.15) is 51.0 Å². The minimum atomic E-state index is -0.0566. The van der Waals surface area contributed by atoms with Crippen molar-refractivity contribution in [3.63, 3.8) is 0 Å². The fraction of sp³-hybridized carbons (Fsp3) is 0.474. The van der Waals surface area contributed by atoms with Crippen LogP contribution < -0.4 is 0 Å². The van der Waals surface area contributed by atoms with Gasteiger partial charge in [-0.2, -0.15) is 0 Å².